The van der Waals surface area contributed by atoms with E-state index in [1.807, 2.05) is 12.1 Å². The van der Waals surface area contributed by atoms with Crippen LogP contribution in [-0.2, 0) is 11.2 Å². The van der Waals surface area contributed by atoms with Crippen molar-refractivity contribution in [1.82, 2.24) is 0 Å². The van der Waals surface area contributed by atoms with Gasteiger partial charge in [0.15, 0.2) is 11.5 Å². The van der Waals surface area contributed by atoms with Crippen molar-refractivity contribution in [2.24, 2.45) is 5.92 Å². The van der Waals surface area contributed by atoms with Gasteiger partial charge in [-0.25, -0.2) is 0 Å². The van der Waals surface area contributed by atoms with Gasteiger partial charge in [0.25, 0.3) is 0 Å². The number of carboxylic acid groups (broad SMARTS) is 1. The molecule has 1 N–H and O–H groups in total. The first kappa shape index (κ1) is 11.3. The largest absolute Gasteiger partial charge is 0.481 e. The third-order valence-electron chi connectivity index (χ3n) is 2.45. The van der Waals surface area contributed by atoms with Crippen molar-refractivity contribution in [3.63, 3.8) is 0 Å². The van der Waals surface area contributed by atoms with Gasteiger partial charge >= 0.3 is 5.97 Å². The molecular weight excluding hydrogens is 276 g/mol. The second-order valence-corrected chi connectivity index (χ2v) is 4.61. The number of rotatable bonds is 3. The first-order chi connectivity index (χ1) is 7.58. The summed E-state index contributed by atoms with van der Waals surface area (Å²) in [7, 11) is 0. The average molecular weight is 287 g/mol. The molecule has 0 aromatic heterocycles. The molecule has 1 aliphatic rings. The number of hydrogen-bond donors (Lipinski definition) is 1. The van der Waals surface area contributed by atoms with Gasteiger partial charge in [-0.3, -0.25) is 4.79 Å². The van der Waals surface area contributed by atoms with Crippen molar-refractivity contribution in [3.8, 4) is 11.5 Å². The van der Waals surface area contributed by atoms with Crippen LogP contribution in [0.3, 0.4) is 0 Å². The van der Waals surface area contributed by atoms with Crippen LogP contribution in [0.25, 0.3) is 0 Å². The van der Waals surface area contributed by atoms with Crippen LogP contribution in [0.2, 0.25) is 0 Å². The standard InChI is InChI=1S/C11H11BrO4/c1-6(11(13)14)2-7-3-8(12)10-9(4-7)15-5-16-10/h3-4,6H,2,5H2,1H3,(H,13,14). The maximum absolute atomic E-state index is 10.8. The Balaban J connectivity index is 2.23. The number of halogens is 1. The molecule has 0 spiro atoms. The zero-order chi connectivity index (χ0) is 11.7. The maximum atomic E-state index is 10.8. The van der Waals surface area contributed by atoms with Gasteiger partial charge in [0, 0.05) is 0 Å². The van der Waals surface area contributed by atoms with Gasteiger partial charge in [0.2, 0.25) is 6.79 Å². The quantitative estimate of drug-likeness (QED) is 0.927. The van der Waals surface area contributed by atoms with Gasteiger partial charge in [-0.15, -0.1) is 0 Å². The summed E-state index contributed by atoms with van der Waals surface area (Å²) in [5.41, 5.74) is 0.922. The fourth-order valence-electron chi connectivity index (χ4n) is 1.58. The monoisotopic (exact) mass is 286 g/mol. The fourth-order valence-corrected chi connectivity index (χ4v) is 2.18. The van der Waals surface area contributed by atoms with Gasteiger partial charge in [0.1, 0.15) is 0 Å². The van der Waals surface area contributed by atoms with Gasteiger partial charge in [-0.05, 0) is 40.0 Å². The van der Waals surface area contributed by atoms with Crippen LogP contribution in [0.15, 0.2) is 16.6 Å². The van der Waals surface area contributed by atoms with Crippen LogP contribution in [0.5, 0.6) is 11.5 Å². The lowest BCUT2D eigenvalue weighted by molar-refractivity contribution is -0.141. The van der Waals surface area contributed by atoms with E-state index >= 15 is 0 Å². The smallest absolute Gasteiger partial charge is 0.306 e. The Labute approximate surface area is 101 Å². The van der Waals surface area contributed by atoms with Crippen molar-refractivity contribution in [3.05, 3.63) is 22.2 Å². The van der Waals surface area contributed by atoms with E-state index in [0.717, 1.165) is 10.0 Å². The van der Waals surface area contributed by atoms with E-state index in [4.69, 9.17) is 14.6 Å². The molecule has 0 saturated heterocycles. The first-order valence-electron chi connectivity index (χ1n) is 4.88. The van der Waals surface area contributed by atoms with E-state index in [2.05, 4.69) is 15.9 Å². The molecule has 1 unspecified atom stereocenters. The van der Waals surface area contributed by atoms with Crippen molar-refractivity contribution in [2.45, 2.75) is 13.3 Å². The van der Waals surface area contributed by atoms with Gasteiger partial charge in [0.05, 0.1) is 10.4 Å². The van der Waals surface area contributed by atoms with Crippen LogP contribution in [0.4, 0.5) is 0 Å². The van der Waals surface area contributed by atoms with Crippen LogP contribution in [-0.4, -0.2) is 17.9 Å². The summed E-state index contributed by atoms with van der Waals surface area (Å²) in [6, 6.07) is 3.69. The number of benzene rings is 1. The van der Waals surface area contributed by atoms with Gasteiger partial charge < -0.3 is 14.6 Å². The Bertz CT molecular complexity index is 430. The number of fused-ring (bicyclic) bond motifs is 1. The number of carboxylic acids is 1. The Morgan fingerprint density at radius 3 is 3.00 bits per heavy atom. The highest BCUT2D eigenvalue weighted by atomic mass is 79.9. The predicted octanol–water partition coefficient (Wildman–Crippen LogP) is 2.44. The minimum Gasteiger partial charge on any atom is -0.481 e. The predicted molar refractivity (Wildman–Crippen MR) is 60.8 cm³/mol. The summed E-state index contributed by atoms with van der Waals surface area (Å²) in [6.07, 6.45) is 0.477. The summed E-state index contributed by atoms with van der Waals surface area (Å²) in [4.78, 5) is 10.8. The molecule has 0 saturated carbocycles. The molecule has 1 atom stereocenters. The van der Waals surface area contributed by atoms with E-state index in [0.29, 0.717) is 17.9 Å². The molecule has 4 nitrogen and oxygen atoms in total. The Kier molecular flexibility index (Phi) is 3.05. The number of aliphatic carboxylic acids is 1. The SMILES string of the molecule is CC(Cc1cc(Br)c2c(c1)OCO2)C(=O)O. The summed E-state index contributed by atoms with van der Waals surface area (Å²) >= 11 is 3.37. The van der Waals surface area contributed by atoms with E-state index in [1.165, 1.54) is 0 Å². The zero-order valence-electron chi connectivity index (χ0n) is 8.70. The molecule has 0 bridgehead atoms. The third-order valence-corrected chi connectivity index (χ3v) is 3.04. The molecule has 1 heterocycles. The molecule has 86 valence electrons. The fraction of sp³-hybridized carbons (Fsp3) is 0.364. The van der Waals surface area contributed by atoms with E-state index in [9.17, 15) is 4.79 Å². The van der Waals surface area contributed by atoms with Crippen LogP contribution >= 0.6 is 15.9 Å². The zero-order valence-corrected chi connectivity index (χ0v) is 10.3. The van der Waals surface area contributed by atoms with Crippen molar-refractivity contribution < 1.29 is 19.4 Å². The van der Waals surface area contributed by atoms with Crippen LogP contribution < -0.4 is 9.47 Å². The molecule has 0 amide bonds. The molecule has 1 aromatic carbocycles. The van der Waals surface area contributed by atoms with E-state index in [-0.39, 0.29) is 6.79 Å². The molecular formula is C11H11BrO4. The summed E-state index contributed by atoms with van der Waals surface area (Å²) in [5.74, 6) is 0.148. The number of hydrogen-bond acceptors (Lipinski definition) is 3. The molecule has 2 rings (SSSR count). The summed E-state index contributed by atoms with van der Waals surface area (Å²) < 4.78 is 11.3. The van der Waals surface area contributed by atoms with Gasteiger partial charge in [-0.1, -0.05) is 6.92 Å². The lowest BCUT2D eigenvalue weighted by atomic mass is 10.0. The Morgan fingerprint density at radius 1 is 1.56 bits per heavy atom. The second-order valence-electron chi connectivity index (χ2n) is 3.75. The highest BCUT2D eigenvalue weighted by Gasteiger charge is 2.19. The molecule has 1 aromatic rings. The lowest BCUT2D eigenvalue weighted by Gasteiger charge is -2.08. The highest BCUT2D eigenvalue weighted by Crippen LogP contribution is 2.40. The molecule has 16 heavy (non-hydrogen) atoms. The maximum Gasteiger partial charge on any atom is 0.306 e. The third kappa shape index (κ3) is 2.14. The van der Waals surface area contributed by atoms with Crippen molar-refractivity contribution in [1.29, 1.82) is 0 Å². The topological polar surface area (TPSA) is 55.8 Å². The molecule has 0 fully saturated rings. The van der Waals surface area contributed by atoms with E-state index in [1.54, 1.807) is 6.92 Å². The van der Waals surface area contributed by atoms with Crippen LogP contribution in [0.1, 0.15) is 12.5 Å². The summed E-state index contributed by atoms with van der Waals surface area (Å²) in [5, 5.41) is 8.84. The minimum atomic E-state index is -0.797. The lowest BCUT2D eigenvalue weighted by Crippen LogP contribution is -2.12. The van der Waals surface area contributed by atoms with Crippen molar-refractivity contribution in [2.75, 3.05) is 6.79 Å². The normalized spacial score (nSPS) is 14.9. The molecule has 0 radical (unpaired) electrons. The Hall–Kier alpha value is -1.23. The minimum absolute atomic E-state index is 0.214. The highest BCUT2D eigenvalue weighted by molar-refractivity contribution is 9.10. The van der Waals surface area contributed by atoms with Crippen LogP contribution in [0, 0.1) is 5.92 Å². The first-order valence-corrected chi connectivity index (χ1v) is 5.68. The second kappa shape index (κ2) is 4.33. The molecule has 5 heteroatoms. The number of ether oxygens (including phenoxy) is 2. The van der Waals surface area contributed by atoms with Gasteiger partial charge in [-0.2, -0.15) is 0 Å². The number of carbonyl (C=O) groups is 1. The van der Waals surface area contributed by atoms with E-state index < -0.39 is 11.9 Å². The Morgan fingerprint density at radius 2 is 2.31 bits per heavy atom. The van der Waals surface area contributed by atoms with Crippen molar-refractivity contribution >= 4 is 21.9 Å². The average Bonchev–Trinajstić information content (AvgIpc) is 2.65. The summed E-state index contributed by atoms with van der Waals surface area (Å²) in [6.45, 7) is 1.90. The molecule has 0 aliphatic carbocycles. The molecule has 1 aliphatic heterocycles.